The molecule has 1 aromatic heterocycles. The molecule has 3 heteroatoms. The average molecular weight is 221 g/mol. The fourth-order valence-corrected chi connectivity index (χ4v) is 4.53. The van der Waals surface area contributed by atoms with Gasteiger partial charge >= 0.3 is 0 Å². The molecule has 0 atom stereocenters. The van der Waals surface area contributed by atoms with Gasteiger partial charge in [-0.3, -0.25) is 0 Å². The normalized spacial score (nSPS) is 18.0. The lowest BCUT2D eigenvalue weighted by Gasteiger charge is -2.03. The van der Waals surface area contributed by atoms with Crippen molar-refractivity contribution < 1.29 is 0 Å². The van der Waals surface area contributed by atoms with Gasteiger partial charge in [-0.2, -0.15) is 0 Å². The van der Waals surface area contributed by atoms with E-state index in [0.29, 0.717) is 4.58 Å². The van der Waals surface area contributed by atoms with E-state index in [2.05, 4.69) is 35.3 Å². The average Bonchev–Trinajstić information content (AvgIpc) is 2.86. The van der Waals surface area contributed by atoms with E-state index in [1.165, 1.54) is 28.1 Å². The summed E-state index contributed by atoms with van der Waals surface area (Å²) in [6, 6.07) is 10.8. The maximum absolute atomic E-state index is 3.50. The summed E-state index contributed by atoms with van der Waals surface area (Å²) in [6.07, 6.45) is 0. The first kappa shape index (κ1) is 8.74. The predicted molar refractivity (Wildman–Crippen MR) is 66.0 cm³/mol. The smallest absolute Gasteiger partial charge is 0.0900 e. The Labute approximate surface area is 91.7 Å². The molecule has 2 aromatic rings. The lowest BCUT2D eigenvalue weighted by molar-refractivity contribution is 1.25. The van der Waals surface area contributed by atoms with Crippen LogP contribution in [0.5, 0.6) is 0 Å². The number of H-pyrrole nitrogens is 1. The van der Waals surface area contributed by atoms with E-state index < -0.39 is 0 Å². The highest BCUT2D eigenvalue weighted by molar-refractivity contribution is 8.19. The summed E-state index contributed by atoms with van der Waals surface area (Å²) in [5, 5.41) is 1.33. The first-order valence-corrected chi connectivity index (χ1v) is 6.84. The number of aromatic nitrogens is 1. The molecule has 1 aliphatic rings. The van der Waals surface area contributed by atoms with Gasteiger partial charge in [0.05, 0.1) is 4.58 Å². The number of nitrogens with one attached hydrogen (secondary N) is 1. The summed E-state index contributed by atoms with van der Waals surface area (Å²) in [5.41, 5.74) is 2.63. The summed E-state index contributed by atoms with van der Waals surface area (Å²) in [6.45, 7) is 0. The largest absolute Gasteiger partial charge is 0.357 e. The molecule has 0 unspecified atom stereocenters. The Hall–Kier alpha value is -0.540. The Kier molecular flexibility index (Phi) is 2.22. The van der Waals surface area contributed by atoms with Crippen molar-refractivity contribution in [2.45, 2.75) is 4.58 Å². The van der Waals surface area contributed by atoms with Crippen LogP contribution in [0, 0.1) is 0 Å². The lowest BCUT2D eigenvalue weighted by Crippen LogP contribution is -1.82. The van der Waals surface area contributed by atoms with Crippen LogP contribution >= 0.6 is 23.5 Å². The molecule has 1 fully saturated rings. The number of hydrogen-bond donors (Lipinski definition) is 1. The first-order valence-electron chi connectivity index (χ1n) is 4.74. The molecule has 0 radical (unpaired) electrons. The third-order valence-corrected chi connectivity index (χ3v) is 5.49. The minimum Gasteiger partial charge on any atom is -0.357 e. The number of fused-ring (bicyclic) bond motifs is 1. The zero-order valence-electron chi connectivity index (χ0n) is 7.69. The molecule has 72 valence electrons. The molecular formula is C11H11NS2. The Morgan fingerprint density at radius 1 is 1.14 bits per heavy atom. The van der Waals surface area contributed by atoms with E-state index >= 15 is 0 Å². The second-order valence-corrected chi connectivity index (χ2v) is 6.11. The fraction of sp³-hybridized carbons (Fsp3) is 0.273. The van der Waals surface area contributed by atoms with Crippen LogP contribution in [0.25, 0.3) is 10.9 Å². The Morgan fingerprint density at radius 2 is 1.93 bits per heavy atom. The first-order chi connectivity index (χ1) is 6.93. The Balaban J connectivity index is 2.05. The SMILES string of the molecule is c1ccc2[nH]c(C3SCCS3)cc2c1. The van der Waals surface area contributed by atoms with Crippen molar-refractivity contribution in [3.8, 4) is 0 Å². The molecular weight excluding hydrogens is 210 g/mol. The molecule has 1 aromatic carbocycles. The van der Waals surface area contributed by atoms with Crippen LogP contribution in [0.3, 0.4) is 0 Å². The number of thioether (sulfide) groups is 2. The van der Waals surface area contributed by atoms with Gasteiger partial charge in [-0.25, -0.2) is 0 Å². The highest BCUT2D eigenvalue weighted by atomic mass is 32.2. The van der Waals surface area contributed by atoms with Crippen LogP contribution in [0.2, 0.25) is 0 Å². The maximum Gasteiger partial charge on any atom is 0.0900 e. The highest BCUT2D eigenvalue weighted by Crippen LogP contribution is 2.45. The molecule has 0 aliphatic carbocycles. The molecule has 0 amide bonds. The van der Waals surface area contributed by atoms with Crippen molar-refractivity contribution in [1.29, 1.82) is 0 Å². The van der Waals surface area contributed by atoms with E-state index in [0.717, 1.165) is 0 Å². The zero-order valence-corrected chi connectivity index (χ0v) is 9.33. The van der Waals surface area contributed by atoms with Gasteiger partial charge < -0.3 is 4.98 Å². The molecule has 14 heavy (non-hydrogen) atoms. The molecule has 0 bridgehead atoms. The third kappa shape index (κ3) is 1.44. The van der Waals surface area contributed by atoms with Crippen molar-refractivity contribution in [3.63, 3.8) is 0 Å². The Bertz CT molecular complexity index is 410. The van der Waals surface area contributed by atoms with E-state index in [4.69, 9.17) is 0 Å². The third-order valence-electron chi connectivity index (χ3n) is 2.43. The van der Waals surface area contributed by atoms with Gasteiger partial charge in [0.25, 0.3) is 0 Å². The van der Waals surface area contributed by atoms with Crippen molar-refractivity contribution >= 4 is 34.4 Å². The second kappa shape index (κ2) is 3.55. The number of aromatic amines is 1. The molecule has 0 spiro atoms. The van der Waals surface area contributed by atoms with Crippen LogP contribution in [0.1, 0.15) is 10.3 Å². The Morgan fingerprint density at radius 3 is 2.71 bits per heavy atom. The number of benzene rings is 1. The molecule has 0 saturated carbocycles. The van der Waals surface area contributed by atoms with E-state index in [9.17, 15) is 0 Å². The van der Waals surface area contributed by atoms with E-state index in [-0.39, 0.29) is 0 Å². The van der Waals surface area contributed by atoms with Gasteiger partial charge in [0.2, 0.25) is 0 Å². The lowest BCUT2D eigenvalue weighted by atomic mass is 10.2. The zero-order chi connectivity index (χ0) is 9.38. The minimum atomic E-state index is 0.627. The quantitative estimate of drug-likeness (QED) is 0.791. The van der Waals surface area contributed by atoms with Gasteiger partial charge in [0.15, 0.2) is 0 Å². The molecule has 1 nitrogen and oxygen atoms in total. The maximum atomic E-state index is 3.50. The van der Waals surface area contributed by atoms with Crippen LogP contribution < -0.4 is 0 Å². The predicted octanol–water partition coefficient (Wildman–Crippen LogP) is 3.65. The van der Waals surface area contributed by atoms with Crippen molar-refractivity contribution in [3.05, 3.63) is 36.0 Å². The monoisotopic (exact) mass is 221 g/mol. The van der Waals surface area contributed by atoms with Crippen molar-refractivity contribution in [1.82, 2.24) is 4.98 Å². The van der Waals surface area contributed by atoms with Gasteiger partial charge in [-0.1, -0.05) is 18.2 Å². The van der Waals surface area contributed by atoms with Crippen LogP contribution in [-0.2, 0) is 0 Å². The van der Waals surface area contributed by atoms with Gasteiger partial charge in [-0.05, 0) is 17.5 Å². The summed E-state index contributed by atoms with van der Waals surface area (Å²) in [5.74, 6) is 2.56. The number of para-hydroxylation sites is 1. The van der Waals surface area contributed by atoms with Crippen molar-refractivity contribution in [2.24, 2.45) is 0 Å². The number of hydrogen-bond acceptors (Lipinski definition) is 2. The van der Waals surface area contributed by atoms with Gasteiger partial charge in [0, 0.05) is 22.7 Å². The van der Waals surface area contributed by atoms with Crippen LogP contribution in [0.4, 0.5) is 0 Å². The second-order valence-electron chi connectivity index (χ2n) is 3.39. The molecule has 1 saturated heterocycles. The van der Waals surface area contributed by atoms with Crippen molar-refractivity contribution in [2.75, 3.05) is 11.5 Å². The minimum absolute atomic E-state index is 0.627. The van der Waals surface area contributed by atoms with Gasteiger partial charge in [0.1, 0.15) is 0 Å². The van der Waals surface area contributed by atoms with E-state index in [1.54, 1.807) is 0 Å². The van der Waals surface area contributed by atoms with E-state index in [1.807, 2.05) is 23.5 Å². The molecule has 2 heterocycles. The highest BCUT2D eigenvalue weighted by Gasteiger charge is 2.19. The molecule has 3 rings (SSSR count). The molecule has 1 aliphatic heterocycles. The summed E-state index contributed by atoms with van der Waals surface area (Å²) in [4.78, 5) is 3.50. The fourth-order valence-electron chi connectivity index (χ4n) is 1.76. The topological polar surface area (TPSA) is 15.8 Å². The summed E-state index contributed by atoms with van der Waals surface area (Å²) >= 11 is 4.08. The number of rotatable bonds is 1. The van der Waals surface area contributed by atoms with Gasteiger partial charge in [-0.15, -0.1) is 23.5 Å². The standard InChI is InChI=1S/C11H11NS2/c1-2-4-9-8(3-1)7-10(12-9)11-13-5-6-14-11/h1-4,7,11-12H,5-6H2. The van der Waals surface area contributed by atoms with Crippen LogP contribution in [0.15, 0.2) is 30.3 Å². The molecule has 1 N–H and O–H groups in total. The summed E-state index contributed by atoms with van der Waals surface area (Å²) in [7, 11) is 0. The summed E-state index contributed by atoms with van der Waals surface area (Å²) < 4.78 is 0.627. The van der Waals surface area contributed by atoms with Crippen LogP contribution in [-0.4, -0.2) is 16.5 Å².